The zero-order valence-corrected chi connectivity index (χ0v) is 12.7. The number of nitrogens with one attached hydrogen (secondary N) is 3. The van der Waals surface area contributed by atoms with Gasteiger partial charge < -0.3 is 10.5 Å². The molecule has 2 rings (SSSR count). The Kier molecular flexibility index (Phi) is 4.62. The van der Waals surface area contributed by atoms with E-state index in [9.17, 15) is 14.4 Å². The van der Waals surface area contributed by atoms with E-state index in [1.165, 1.54) is 5.38 Å². The molecule has 116 valence electrons. The lowest BCUT2D eigenvalue weighted by Crippen LogP contribution is -2.33. The van der Waals surface area contributed by atoms with Gasteiger partial charge in [-0.25, -0.2) is 4.98 Å². The first-order valence-corrected chi connectivity index (χ1v) is 6.99. The number of nitrogens with two attached hydrogens (primary N) is 1. The van der Waals surface area contributed by atoms with Crippen molar-refractivity contribution < 1.29 is 19.1 Å². The van der Waals surface area contributed by atoms with Crippen LogP contribution in [0, 0.1) is 4.77 Å². The van der Waals surface area contributed by atoms with Crippen LogP contribution >= 0.6 is 23.6 Å². The normalized spacial score (nSPS) is 11.7. The molecule has 0 bridgehead atoms. The smallest absolute Gasteiger partial charge is 0.323 e. The van der Waals surface area contributed by atoms with Crippen molar-refractivity contribution in [1.29, 1.82) is 0 Å². The Labute approximate surface area is 132 Å². The van der Waals surface area contributed by atoms with Crippen LogP contribution in [0.3, 0.4) is 0 Å². The zero-order valence-electron chi connectivity index (χ0n) is 11.1. The summed E-state index contributed by atoms with van der Waals surface area (Å²) in [5.41, 5.74) is 5.52. The van der Waals surface area contributed by atoms with Crippen molar-refractivity contribution in [2.75, 3.05) is 18.2 Å². The van der Waals surface area contributed by atoms with Crippen LogP contribution in [0.25, 0.3) is 0 Å². The van der Waals surface area contributed by atoms with Crippen molar-refractivity contribution in [3.63, 3.8) is 0 Å². The fourth-order valence-electron chi connectivity index (χ4n) is 1.54. The molecule has 0 saturated carbocycles. The van der Waals surface area contributed by atoms with Gasteiger partial charge in [0.25, 0.3) is 5.91 Å². The number of methoxy groups -OCH3 is 1. The predicted octanol–water partition coefficient (Wildman–Crippen LogP) is -0.0296. The van der Waals surface area contributed by atoms with Crippen LogP contribution in [-0.4, -0.2) is 44.9 Å². The molecule has 0 aliphatic rings. The second-order valence-corrected chi connectivity index (χ2v) is 5.18. The third-order valence-corrected chi connectivity index (χ3v) is 3.38. The number of hydrogen-bond acceptors (Lipinski definition) is 9. The highest BCUT2D eigenvalue weighted by Gasteiger charge is 2.36. The Hall–Kier alpha value is -2.60. The van der Waals surface area contributed by atoms with Crippen molar-refractivity contribution in [2.45, 2.75) is 5.92 Å². The van der Waals surface area contributed by atoms with Crippen LogP contribution in [0.1, 0.15) is 11.6 Å². The number of carbonyl (C=O) groups excluding carboxylic acids is 3. The van der Waals surface area contributed by atoms with E-state index in [4.69, 9.17) is 18.0 Å². The van der Waals surface area contributed by atoms with Crippen LogP contribution in [0.2, 0.25) is 0 Å². The largest absolute Gasteiger partial charge is 0.468 e. The van der Waals surface area contributed by atoms with E-state index in [0.717, 1.165) is 18.4 Å². The fourth-order valence-corrected chi connectivity index (χ4v) is 2.27. The second kappa shape index (κ2) is 6.44. The van der Waals surface area contributed by atoms with Crippen LogP contribution < -0.4 is 11.1 Å². The van der Waals surface area contributed by atoms with Crippen LogP contribution in [-0.2, 0) is 19.1 Å². The topological polar surface area (TPSA) is 156 Å². The monoisotopic (exact) mass is 342 g/mol. The number of nitrogens with zero attached hydrogens (tertiary/aromatic N) is 2. The molecule has 1 amide bonds. The summed E-state index contributed by atoms with van der Waals surface area (Å²) in [6.07, 6.45) is 0. The van der Waals surface area contributed by atoms with Gasteiger partial charge >= 0.3 is 5.97 Å². The molecule has 0 spiro atoms. The Balaban J connectivity index is 2.23. The second-order valence-electron chi connectivity index (χ2n) is 3.90. The van der Waals surface area contributed by atoms with Gasteiger partial charge in [-0.05, 0) is 12.2 Å². The Bertz CT molecular complexity index is 778. The standard InChI is InChI=1S/C10H10N6O4S2/c1-20-7(19)4(3-2-22-8(11)12-3)5(17)6(18)13-9-14-10(21)16-15-9/h2,4H,1H3,(H2,11,12)(H3,13,14,15,16,18,21)/t4-/m1/s1. The number of nitrogen functional groups attached to an aromatic ring is 1. The van der Waals surface area contributed by atoms with Crippen LogP contribution in [0.15, 0.2) is 5.38 Å². The first kappa shape index (κ1) is 15.8. The number of thiazole rings is 1. The van der Waals surface area contributed by atoms with Gasteiger partial charge in [0.05, 0.1) is 12.8 Å². The van der Waals surface area contributed by atoms with Gasteiger partial charge in [-0.1, -0.05) is 0 Å². The number of aromatic amines is 2. The molecular weight excluding hydrogens is 332 g/mol. The van der Waals surface area contributed by atoms with Crippen molar-refractivity contribution in [3.05, 3.63) is 15.8 Å². The molecular formula is C10H10N6O4S2. The van der Waals surface area contributed by atoms with E-state index in [1.54, 1.807) is 0 Å². The molecule has 0 saturated heterocycles. The summed E-state index contributed by atoms with van der Waals surface area (Å²) in [5.74, 6) is -4.59. The number of aromatic nitrogens is 4. The van der Waals surface area contributed by atoms with E-state index >= 15 is 0 Å². The molecule has 0 unspecified atom stereocenters. The molecule has 0 radical (unpaired) electrons. The highest BCUT2D eigenvalue weighted by atomic mass is 32.1. The molecule has 2 heterocycles. The molecule has 22 heavy (non-hydrogen) atoms. The van der Waals surface area contributed by atoms with Gasteiger partial charge in [0, 0.05) is 5.38 Å². The minimum absolute atomic E-state index is 0.0458. The molecule has 0 aromatic carbocycles. The minimum atomic E-state index is -1.50. The number of ketones is 1. The summed E-state index contributed by atoms with van der Waals surface area (Å²) >= 11 is 5.75. The number of ether oxygens (including phenoxy) is 1. The van der Waals surface area contributed by atoms with Gasteiger partial charge in [-0.3, -0.25) is 29.9 Å². The van der Waals surface area contributed by atoms with E-state index in [0.29, 0.717) is 0 Å². The third kappa shape index (κ3) is 3.35. The fraction of sp³-hybridized carbons (Fsp3) is 0.200. The summed E-state index contributed by atoms with van der Waals surface area (Å²) in [5, 5.41) is 8.64. The number of esters is 1. The number of rotatable bonds is 5. The summed E-state index contributed by atoms with van der Waals surface area (Å²) in [6, 6.07) is 0. The lowest BCUT2D eigenvalue weighted by Gasteiger charge is -2.10. The van der Waals surface area contributed by atoms with Gasteiger partial charge in [0.1, 0.15) is 0 Å². The minimum Gasteiger partial charge on any atom is -0.468 e. The van der Waals surface area contributed by atoms with Crippen molar-refractivity contribution in [3.8, 4) is 0 Å². The zero-order chi connectivity index (χ0) is 16.3. The summed E-state index contributed by atoms with van der Waals surface area (Å²) < 4.78 is 4.64. The maximum Gasteiger partial charge on any atom is 0.323 e. The van der Waals surface area contributed by atoms with E-state index < -0.39 is 23.6 Å². The predicted molar refractivity (Wildman–Crippen MR) is 78.7 cm³/mol. The molecule has 2 aromatic rings. The number of H-pyrrole nitrogens is 2. The molecule has 1 atom stereocenters. The van der Waals surface area contributed by atoms with Gasteiger partial charge in [-0.15, -0.1) is 11.3 Å². The number of hydrogen-bond donors (Lipinski definition) is 4. The summed E-state index contributed by atoms with van der Waals surface area (Å²) in [7, 11) is 1.10. The number of carbonyl (C=O) groups is 3. The number of amides is 1. The molecule has 0 aliphatic carbocycles. The lowest BCUT2D eigenvalue weighted by atomic mass is 10.0. The Morgan fingerprint density at radius 1 is 1.41 bits per heavy atom. The van der Waals surface area contributed by atoms with Gasteiger partial charge in [0.15, 0.2) is 11.0 Å². The lowest BCUT2D eigenvalue weighted by molar-refractivity contribution is -0.148. The van der Waals surface area contributed by atoms with Gasteiger partial charge in [-0.2, -0.15) is 4.98 Å². The first-order valence-electron chi connectivity index (χ1n) is 5.71. The average Bonchev–Trinajstić information content (AvgIpc) is 3.07. The highest BCUT2D eigenvalue weighted by Crippen LogP contribution is 2.22. The van der Waals surface area contributed by atoms with E-state index in [1.807, 2.05) is 0 Å². The van der Waals surface area contributed by atoms with Crippen LogP contribution in [0.4, 0.5) is 11.1 Å². The Morgan fingerprint density at radius 3 is 2.64 bits per heavy atom. The highest BCUT2D eigenvalue weighted by molar-refractivity contribution is 7.71. The summed E-state index contributed by atoms with van der Waals surface area (Å²) in [6.45, 7) is 0. The third-order valence-electron chi connectivity index (χ3n) is 2.49. The first-order chi connectivity index (χ1) is 10.4. The number of anilines is 2. The van der Waals surface area contributed by atoms with Crippen molar-refractivity contribution in [2.24, 2.45) is 0 Å². The molecule has 12 heteroatoms. The van der Waals surface area contributed by atoms with Crippen LogP contribution in [0.5, 0.6) is 0 Å². The molecule has 2 aromatic heterocycles. The maximum atomic E-state index is 12.2. The number of Topliss-reactive ketones (excluding diaryl/α,β-unsaturated/α-hetero) is 1. The molecule has 5 N–H and O–H groups in total. The van der Waals surface area contributed by atoms with E-state index in [2.05, 4.69) is 30.2 Å². The molecule has 0 aliphatic heterocycles. The maximum absolute atomic E-state index is 12.2. The van der Waals surface area contributed by atoms with Gasteiger partial charge in [0.2, 0.25) is 16.5 Å². The summed E-state index contributed by atoms with van der Waals surface area (Å²) in [4.78, 5) is 43.5. The SMILES string of the molecule is COC(=O)[C@@H](C(=O)C(=O)Nc1nc(=S)[nH][nH]1)c1csc(N)n1. The molecule has 0 fully saturated rings. The molecule has 10 nitrogen and oxygen atoms in total. The van der Waals surface area contributed by atoms with E-state index in [-0.39, 0.29) is 21.5 Å². The van der Waals surface area contributed by atoms with Crippen molar-refractivity contribution >= 4 is 52.3 Å². The quantitative estimate of drug-likeness (QED) is 0.255. The average molecular weight is 342 g/mol. The van der Waals surface area contributed by atoms with Crippen molar-refractivity contribution in [1.82, 2.24) is 20.2 Å². The Morgan fingerprint density at radius 2 is 2.14 bits per heavy atom.